The van der Waals surface area contributed by atoms with E-state index in [0.29, 0.717) is 0 Å². The Morgan fingerprint density at radius 3 is 0.511 bits per heavy atom. The van der Waals surface area contributed by atoms with Gasteiger partial charge in [0.2, 0.25) is 0 Å². The molecule has 1 aliphatic carbocycles. The zero-order valence-electron chi connectivity index (χ0n) is 24.1. The summed E-state index contributed by atoms with van der Waals surface area (Å²) >= 11 is 0. The van der Waals surface area contributed by atoms with Crippen molar-refractivity contribution in [2.24, 2.45) is 0 Å². The van der Waals surface area contributed by atoms with Crippen molar-refractivity contribution in [3.05, 3.63) is 0 Å². The van der Waals surface area contributed by atoms with Gasteiger partial charge in [-0.25, -0.2) is 22.8 Å². The summed E-state index contributed by atoms with van der Waals surface area (Å²) in [7, 11) is -36.8. The number of hydrogen-bond donors (Lipinski definition) is 20. The molecular weight excluding hydrogens is 822 g/mol. The van der Waals surface area contributed by atoms with Crippen LogP contribution in [-0.4, -0.2) is 123 Å². The van der Waals surface area contributed by atoms with E-state index in [0.717, 1.165) is 0 Å². The average molecular weight is 868 g/mol. The predicted octanol–water partition coefficient (Wildman–Crippen LogP) is -3.16. The fourth-order valence-electron chi connectivity index (χ4n) is 2.78. The van der Waals surface area contributed by atoms with Crippen LogP contribution in [0.4, 0.5) is 0 Å². The fraction of sp³-hybridized carbons (Fsp3) is 1.00. The third-order valence-electron chi connectivity index (χ3n) is 3.49. The minimum absolute atomic E-state index is 0. The van der Waals surface area contributed by atoms with E-state index in [2.05, 4.69) is 27.1 Å². The summed E-state index contributed by atoms with van der Waals surface area (Å²) in [6, 6.07) is 0. The second kappa shape index (κ2) is 27.2. The maximum Gasteiger partial charge on any atom is 2.00 e. The predicted molar refractivity (Wildman–Crippen MR) is 153 cm³/mol. The second-order valence-electron chi connectivity index (χ2n) is 6.32. The third kappa shape index (κ3) is 31.9. The van der Waals surface area contributed by atoms with Crippen LogP contribution in [-0.2, 0) is 54.5 Å². The molecule has 6 atom stereocenters. The van der Waals surface area contributed by atoms with Crippen LogP contribution < -0.4 is 71.3 Å². The SMILES string of the molecule is N.N.N.N.N.N.N.N.N.N.O=P([O-])([O-])O[C@@H]1[C@@H](OP(=O)(O)O)[C@H](OP(=O)(O)O)[C@@H](OP(=O)(O)O)[C@H](OP(=O)(O)O)[C@@H]1OP(=O)(O)O.[Ca+2]. The molecule has 296 valence electrons. The third-order valence-corrected chi connectivity index (χ3v) is 6.58. The standard InChI is InChI=1S/C6H18O24P6.Ca.10H3N/c7-31(8,9)25-1-2(26-32(10,11)12)4(28-34(16,17)18)6(30-36(22,23)24)5(29-35(19,20)21)3(1)27-33(13,14)15;;;;;;;;;;;/h1-6H,(H2,7,8,9)(H2,10,11,12)(H2,13,14,15)(H2,16,17,18)(H2,19,20,21)(H2,22,23,24);;10*1H3/q;+2;;;;;;;;;;/p-2/t1-,2-,3-,4+,5-,6-;;;;;;;;;;;. The van der Waals surface area contributed by atoms with Crippen molar-refractivity contribution in [1.82, 2.24) is 61.5 Å². The van der Waals surface area contributed by atoms with E-state index in [4.69, 9.17) is 48.9 Å². The van der Waals surface area contributed by atoms with Gasteiger partial charge in [0.05, 0.1) is 7.82 Å². The van der Waals surface area contributed by atoms with Crippen molar-refractivity contribution < 1.29 is 113 Å². The van der Waals surface area contributed by atoms with Gasteiger partial charge >= 0.3 is 76.9 Å². The molecule has 1 saturated carbocycles. The molecule has 0 amide bonds. The van der Waals surface area contributed by atoms with Gasteiger partial charge in [0.15, 0.2) is 0 Å². The Kier molecular flexibility index (Phi) is 45.0. The van der Waals surface area contributed by atoms with E-state index in [1.807, 2.05) is 0 Å². The Hall–Kier alpha value is 1.52. The summed E-state index contributed by atoms with van der Waals surface area (Å²) in [6.45, 7) is 0. The molecule has 34 nitrogen and oxygen atoms in total. The summed E-state index contributed by atoms with van der Waals surface area (Å²) in [5, 5.41) is 0. The second-order valence-corrected chi connectivity index (χ2v) is 13.4. The van der Waals surface area contributed by atoms with Gasteiger partial charge in [0.1, 0.15) is 36.6 Å². The van der Waals surface area contributed by atoms with Gasteiger partial charge < -0.3 is 129 Å². The van der Waals surface area contributed by atoms with Crippen LogP contribution in [0, 0.1) is 0 Å². The quantitative estimate of drug-likeness (QED) is 0.0680. The summed E-state index contributed by atoms with van der Waals surface area (Å²) in [4.78, 5) is 114. The van der Waals surface area contributed by atoms with Crippen molar-refractivity contribution in [1.29, 1.82) is 0 Å². The van der Waals surface area contributed by atoms with Gasteiger partial charge in [0, 0.05) is 0 Å². The molecule has 0 saturated heterocycles. The summed E-state index contributed by atoms with van der Waals surface area (Å²) in [6.07, 6.45) is -19.3. The number of phosphoric ester groups is 6. The minimum Gasteiger partial charge on any atom is -0.790 e. The van der Waals surface area contributed by atoms with Crippen LogP contribution in [0.3, 0.4) is 0 Å². The van der Waals surface area contributed by atoms with Crippen LogP contribution in [0.1, 0.15) is 0 Å². The number of phosphoric acid groups is 6. The first-order chi connectivity index (χ1) is 15.6. The molecule has 0 aromatic carbocycles. The maximum absolute atomic E-state index is 11.4. The Bertz CT molecular complexity index is 860. The van der Waals surface area contributed by atoms with Crippen LogP contribution in [0.2, 0.25) is 0 Å². The van der Waals surface area contributed by atoms with Crippen molar-refractivity contribution in [3.8, 4) is 0 Å². The van der Waals surface area contributed by atoms with Gasteiger partial charge in [-0.2, -0.15) is 0 Å². The van der Waals surface area contributed by atoms with Crippen molar-refractivity contribution in [3.63, 3.8) is 0 Å². The van der Waals surface area contributed by atoms with Crippen molar-refractivity contribution >= 4 is 84.7 Å². The zero-order chi connectivity index (χ0) is 28.7. The largest absolute Gasteiger partial charge is 2.00 e. The molecule has 40 N–H and O–H groups in total. The van der Waals surface area contributed by atoms with Crippen LogP contribution in [0.25, 0.3) is 0 Å². The first-order valence-electron chi connectivity index (χ1n) is 7.97. The molecule has 1 aliphatic rings. The van der Waals surface area contributed by atoms with Gasteiger partial charge in [-0.3, -0.25) is 22.6 Å². The van der Waals surface area contributed by atoms with Crippen molar-refractivity contribution in [2.45, 2.75) is 36.6 Å². The number of rotatable bonds is 12. The Labute approximate surface area is 295 Å². The molecular formula is C6H46CaN10O24P6. The molecule has 0 spiro atoms. The molecule has 1 fully saturated rings. The van der Waals surface area contributed by atoms with Gasteiger partial charge in [-0.15, -0.1) is 0 Å². The Morgan fingerprint density at radius 1 is 0.319 bits per heavy atom. The molecule has 0 aromatic heterocycles. The normalized spacial score (nSPS) is 22.5. The molecule has 41 heteroatoms. The monoisotopic (exact) mass is 868 g/mol. The van der Waals surface area contributed by atoms with E-state index in [9.17, 15) is 37.2 Å². The van der Waals surface area contributed by atoms with E-state index in [-0.39, 0.29) is 99.2 Å². The number of hydrogen-bond acceptors (Lipinski definition) is 24. The van der Waals surface area contributed by atoms with E-state index >= 15 is 0 Å². The van der Waals surface area contributed by atoms with Crippen LogP contribution in [0.5, 0.6) is 0 Å². The molecule has 0 unspecified atom stereocenters. The van der Waals surface area contributed by atoms with Gasteiger partial charge in [0.25, 0.3) is 0 Å². The molecule has 0 radical (unpaired) electrons. The fourth-order valence-corrected chi connectivity index (χ4v) is 6.11. The molecule has 47 heavy (non-hydrogen) atoms. The minimum atomic E-state index is -6.52. The maximum atomic E-state index is 11.4. The Morgan fingerprint density at radius 2 is 0.426 bits per heavy atom. The molecule has 0 bridgehead atoms. The van der Waals surface area contributed by atoms with E-state index in [1.54, 1.807) is 0 Å². The smallest absolute Gasteiger partial charge is 0.790 e. The van der Waals surface area contributed by atoms with E-state index < -0.39 is 83.6 Å². The Balaban J connectivity index is -0.000000131. The van der Waals surface area contributed by atoms with Gasteiger partial charge in [-0.1, -0.05) is 0 Å². The summed E-state index contributed by atoms with van der Waals surface area (Å²) in [5.41, 5.74) is 0. The average Bonchev–Trinajstić information content (AvgIpc) is 2.51. The van der Waals surface area contributed by atoms with Crippen molar-refractivity contribution in [2.75, 3.05) is 0 Å². The van der Waals surface area contributed by atoms with Crippen LogP contribution in [0.15, 0.2) is 0 Å². The van der Waals surface area contributed by atoms with Gasteiger partial charge in [-0.05, 0) is 0 Å². The molecule has 0 aliphatic heterocycles. The zero-order valence-corrected chi connectivity index (χ0v) is 31.7. The first-order valence-corrected chi connectivity index (χ1v) is 17.1. The molecule has 0 heterocycles. The van der Waals surface area contributed by atoms with Crippen LogP contribution >= 0.6 is 46.9 Å². The first kappa shape index (κ1) is 77.8. The summed E-state index contributed by atoms with van der Waals surface area (Å²) in [5.74, 6) is 0. The topological polar surface area (TPSA) is 756 Å². The molecule has 1 rings (SSSR count). The van der Waals surface area contributed by atoms with E-state index in [1.165, 1.54) is 0 Å². The summed E-state index contributed by atoms with van der Waals surface area (Å²) < 4.78 is 92.3. The molecule has 0 aromatic rings.